The molecule has 0 aromatic heterocycles. The minimum Gasteiger partial charge on any atom is -0.387 e. The zero-order valence-electron chi connectivity index (χ0n) is 11.8. The van der Waals surface area contributed by atoms with Crippen LogP contribution >= 0.6 is 0 Å². The predicted molar refractivity (Wildman–Crippen MR) is 75.7 cm³/mol. The van der Waals surface area contributed by atoms with E-state index in [2.05, 4.69) is 43.9 Å². The van der Waals surface area contributed by atoms with E-state index in [0.29, 0.717) is 0 Å². The molecule has 1 atom stereocenters. The molecule has 0 saturated heterocycles. The third-order valence-corrected chi connectivity index (χ3v) is 3.72. The maximum absolute atomic E-state index is 10.4. The summed E-state index contributed by atoms with van der Waals surface area (Å²) >= 11 is 0. The highest BCUT2D eigenvalue weighted by Crippen LogP contribution is 2.30. The van der Waals surface area contributed by atoms with E-state index in [1.54, 1.807) is 0 Å². The molecule has 1 aliphatic carbocycles. The number of benzene rings is 1. The Hall–Kier alpha value is -0.860. The first-order chi connectivity index (χ1) is 8.58. The molecule has 2 nitrogen and oxygen atoms in total. The molecule has 1 N–H and O–H groups in total. The maximum atomic E-state index is 10.4. The number of likely N-dealkylation sites (N-methyl/N-ethyl adjacent to an activating group) is 1. The molecule has 1 aromatic carbocycles. The standard InChI is InChI=1S/C16H25NO/c1-4-17(10-14-5-6-14)11-16(18)15-8-12(2)7-13(3)9-15/h7-9,14,16,18H,4-6,10-11H2,1-3H3. The number of nitrogens with zero attached hydrogens (tertiary/aromatic N) is 1. The molecule has 0 aliphatic heterocycles. The van der Waals surface area contributed by atoms with Crippen molar-refractivity contribution in [1.82, 2.24) is 4.90 Å². The van der Waals surface area contributed by atoms with Gasteiger partial charge in [-0.3, -0.25) is 0 Å². The molecule has 1 aromatic rings. The topological polar surface area (TPSA) is 23.5 Å². The summed E-state index contributed by atoms with van der Waals surface area (Å²) in [5.41, 5.74) is 3.52. The van der Waals surface area contributed by atoms with Crippen LogP contribution in [0, 0.1) is 19.8 Å². The number of hydrogen-bond acceptors (Lipinski definition) is 2. The van der Waals surface area contributed by atoms with Crippen molar-refractivity contribution in [3.63, 3.8) is 0 Å². The Morgan fingerprint density at radius 2 is 1.83 bits per heavy atom. The Balaban J connectivity index is 1.98. The Bertz CT molecular complexity index is 378. The highest BCUT2D eigenvalue weighted by Gasteiger charge is 2.24. The second-order valence-corrected chi connectivity index (χ2v) is 5.73. The predicted octanol–water partition coefficient (Wildman–Crippen LogP) is 3.07. The third kappa shape index (κ3) is 3.82. The summed E-state index contributed by atoms with van der Waals surface area (Å²) in [5, 5.41) is 10.4. The number of aryl methyl sites for hydroxylation is 2. The van der Waals surface area contributed by atoms with Gasteiger partial charge in [0.05, 0.1) is 6.10 Å². The zero-order chi connectivity index (χ0) is 13.1. The summed E-state index contributed by atoms with van der Waals surface area (Å²) in [4.78, 5) is 2.38. The highest BCUT2D eigenvalue weighted by atomic mass is 16.3. The largest absolute Gasteiger partial charge is 0.387 e. The molecular formula is C16H25NO. The molecule has 0 heterocycles. The Morgan fingerprint density at radius 1 is 1.22 bits per heavy atom. The fourth-order valence-corrected chi connectivity index (χ4v) is 2.55. The SMILES string of the molecule is CCN(CC1CC1)CC(O)c1cc(C)cc(C)c1. The van der Waals surface area contributed by atoms with Crippen molar-refractivity contribution in [3.05, 3.63) is 34.9 Å². The third-order valence-electron chi connectivity index (χ3n) is 3.72. The monoisotopic (exact) mass is 247 g/mol. The second-order valence-electron chi connectivity index (χ2n) is 5.73. The molecule has 2 heteroatoms. The van der Waals surface area contributed by atoms with Crippen LogP contribution in [-0.2, 0) is 0 Å². The molecule has 0 radical (unpaired) electrons. The molecule has 1 unspecified atom stereocenters. The summed E-state index contributed by atoms with van der Waals surface area (Å²) in [6.07, 6.45) is 2.38. The van der Waals surface area contributed by atoms with Crippen molar-refractivity contribution in [2.45, 2.75) is 39.7 Å². The number of aliphatic hydroxyl groups is 1. The average molecular weight is 247 g/mol. The van der Waals surface area contributed by atoms with Crippen molar-refractivity contribution in [3.8, 4) is 0 Å². The first kappa shape index (κ1) is 13.6. The molecule has 0 bridgehead atoms. The smallest absolute Gasteiger partial charge is 0.0917 e. The van der Waals surface area contributed by atoms with Gasteiger partial charge in [-0.1, -0.05) is 36.2 Å². The molecule has 0 spiro atoms. The van der Waals surface area contributed by atoms with Crippen LogP contribution in [0.3, 0.4) is 0 Å². The summed E-state index contributed by atoms with van der Waals surface area (Å²) in [5.74, 6) is 0.886. The molecular weight excluding hydrogens is 222 g/mol. The molecule has 2 rings (SSSR count). The molecule has 1 aliphatic rings. The molecule has 0 amide bonds. The fourth-order valence-electron chi connectivity index (χ4n) is 2.55. The van der Waals surface area contributed by atoms with Gasteiger partial charge in [0, 0.05) is 13.1 Å². The van der Waals surface area contributed by atoms with Gasteiger partial charge in [-0.2, -0.15) is 0 Å². The van der Waals surface area contributed by atoms with Crippen LogP contribution in [0.25, 0.3) is 0 Å². The lowest BCUT2D eigenvalue weighted by Crippen LogP contribution is -2.30. The second kappa shape index (κ2) is 5.85. The van der Waals surface area contributed by atoms with Crippen LogP contribution in [0.1, 0.15) is 42.6 Å². The van der Waals surface area contributed by atoms with E-state index in [-0.39, 0.29) is 6.10 Å². The van der Waals surface area contributed by atoms with Gasteiger partial charge in [-0.05, 0) is 44.7 Å². The van der Waals surface area contributed by atoms with Gasteiger partial charge in [0.25, 0.3) is 0 Å². The van der Waals surface area contributed by atoms with Crippen LogP contribution in [0.2, 0.25) is 0 Å². The van der Waals surface area contributed by atoms with Gasteiger partial charge in [-0.15, -0.1) is 0 Å². The lowest BCUT2D eigenvalue weighted by Gasteiger charge is -2.24. The first-order valence-electron chi connectivity index (χ1n) is 7.07. The van der Waals surface area contributed by atoms with Gasteiger partial charge in [0.15, 0.2) is 0 Å². The van der Waals surface area contributed by atoms with Crippen molar-refractivity contribution in [1.29, 1.82) is 0 Å². The Labute approximate surface area is 111 Å². The van der Waals surface area contributed by atoms with E-state index in [9.17, 15) is 5.11 Å². The van der Waals surface area contributed by atoms with E-state index < -0.39 is 0 Å². The van der Waals surface area contributed by atoms with E-state index in [4.69, 9.17) is 0 Å². The summed E-state index contributed by atoms with van der Waals surface area (Å²) in [6, 6.07) is 6.35. The molecule has 1 saturated carbocycles. The number of hydrogen-bond donors (Lipinski definition) is 1. The van der Waals surface area contributed by atoms with Crippen LogP contribution in [0.5, 0.6) is 0 Å². The van der Waals surface area contributed by atoms with Crippen molar-refractivity contribution in [2.24, 2.45) is 5.92 Å². The van der Waals surface area contributed by atoms with Crippen LogP contribution in [0.4, 0.5) is 0 Å². The van der Waals surface area contributed by atoms with Gasteiger partial charge in [0.1, 0.15) is 0 Å². The lowest BCUT2D eigenvalue weighted by atomic mass is 10.0. The quantitative estimate of drug-likeness (QED) is 0.835. The zero-order valence-corrected chi connectivity index (χ0v) is 11.8. The Kier molecular flexibility index (Phi) is 4.41. The van der Waals surface area contributed by atoms with Crippen LogP contribution in [-0.4, -0.2) is 29.6 Å². The van der Waals surface area contributed by atoms with E-state index >= 15 is 0 Å². The van der Waals surface area contributed by atoms with E-state index in [1.807, 2.05) is 0 Å². The van der Waals surface area contributed by atoms with Crippen molar-refractivity contribution >= 4 is 0 Å². The molecule has 1 fully saturated rings. The summed E-state index contributed by atoms with van der Waals surface area (Å²) in [7, 11) is 0. The van der Waals surface area contributed by atoms with E-state index in [0.717, 1.165) is 31.1 Å². The van der Waals surface area contributed by atoms with Crippen LogP contribution < -0.4 is 0 Å². The van der Waals surface area contributed by atoms with Crippen molar-refractivity contribution in [2.75, 3.05) is 19.6 Å². The number of aliphatic hydroxyl groups excluding tert-OH is 1. The maximum Gasteiger partial charge on any atom is 0.0917 e. The lowest BCUT2D eigenvalue weighted by molar-refractivity contribution is 0.113. The normalized spacial score (nSPS) is 17.2. The first-order valence-corrected chi connectivity index (χ1v) is 7.07. The number of rotatable bonds is 6. The van der Waals surface area contributed by atoms with Gasteiger partial charge in [0.2, 0.25) is 0 Å². The Morgan fingerprint density at radius 3 is 2.33 bits per heavy atom. The van der Waals surface area contributed by atoms with Gasteiger partial charge >= 0.3 is 0 Å². The fraction of sp³-hybridized carbons (Fsp3) is 0.625. The van der Waals surface area contributed by atoms with Crippen molar-refractivity contribution < 1.29 is 5.11 Å². The highest BCUT2D eigenvalue weighted by molar-refractivity contribution is 5.30. The average Bonchev–Trinajstić information content (AvgIpc) is 3.10. The van der Waals surface area contributed by atoms with Crippen LogP contribution in [0.15, 0.2) is 18.2 Å². The minimum atomic E-state index is -0.359. The summed E-state index contributed by atoms with van der Waals surface area (Å²) < 4.78 is 0. The summed E-state index contributed by atoms with van der Waals surface area (Å²) in [6.45, 7) is 9.29. The van der Waals surface area contributed by atoms with Gasteiger partial charge in [-0.25, -0.2) is 0 Å². The van der Waals surface area contributed by atoms with E-state index in [1.165, 1.54) is 24.0 Å². The molecule has 100 valence electrons. The minimum absolute atomic E-state index is 0.359. The molecule has 18 heavy (non-hydrogen) atoms. The van der Waals surface area contributed by atoms with Gasteiger partial charge < -0.3 is 10.0 Å².